The second kappa shape index (κ2) is 8.11. The first-order valence-corrected chi connectivity index (χ1v) is 10.5. The van der Waals surface area contributed by atoms with Gasteiger partial charge in [-0.25, -0.2) is 8.42 Å². The van der Waals surface area contributed by atoms with Gasteiger partial charge in [0.15, 0.2) is 9.84 Å². The van der Waals surface area contributed by atoms with Crippen LogP contribution in [-0.2, 0) is 14.6 Å². The zero-order valence-electron chi connectivity index (χ0n) is 13.5. The molecule has 0 spiro atoms. The zero-order valence-corrected chi connectivity index (χ0v) is 16.5. The molecule has 0 fully saturated rings. The van der Waals surface area contributed by atoms with Gasteiger partial charge in [-0.2, -0.15) is 0 Å². The summed E-state index contributed by atoms with van der Waals surface area (Å²) in [5, 5.41) is -0.881. The SMILES string of the molecule is COc1ccc(S(=O)(=O)C(CC(=O)CI)c2ccc(C)cc2)cc1. The molecule has 2 aromatic rings. The van der Waals surface area contributed by atoms with Crippen molar-refractivity contribution in [2.24, 2.45) is 0 Å². The molecular weight excluding hydrogens is 439 g/mol. The van der Waals surface area contributed by atoms with Crippen LogP contribution >= 0.6 is 22.6 Å². The van der Waals surface area contributed by atoms with Gasteiger partial charge in [0, 0.05) is 6.42 Å². The summed E-state index contributed by atoms with van der Waals surface area (Å²) in [5.74, 6) is 0.502. The Hall–Kier alpha value is -1.41. The number of carbonyl (C=O) groups is 1. The van der Waals surface area contributed by atoms with E-state index < -0.39 is 15.1 Å². The summed E-state index contributed by atoms with van der Waals surface area (Å²) >= 11 is 1.96. The average Bonchev–Trinajstić information content (AvgIpc) is 2.60. The van der Waals surface area contributed by atoms with Crippen LogP contribution in [0.1, 0.15) is 22.8 Å². The van der Waals surface area contributed by atoms with Crippen molar-refractivity contribution >= 4 is 38.2 Å². The predicted molar refractivity (Wildman–Crippen MR) is 103 cm³/mol. The lowest BCUT2D eigenvalue weighted by Gasteiger charge is -2.18. The highest BCUT2D eigenvalue weighted by Crippen LogP contribution is 2.33. The smallest absolute Gasteiger partial charge is 0.185 e. The van der Waals surface area contributed by atoms with E-state index in [1.54, 1.807) is 24.3 Å². The van der Waals surface area contributed by atoms with Crippen molar-refractivity contribution in [3.8, 4) is 5.75 Å². The van der Waals surface area contributed by atoms with E-state index in [1.807, 2.05) is 41.6 Å². The van der Waals surface area contributed by atoms with Gasteiger partial charge in [-0.15, -0.1) is 0 Å². The number of benzene rings is 2. The molecule has 128 valence electrons. The largest absolute Gasteiger partial charge is 0.497 e. The fourth-order valence-electron chi connectivity index (χ4n) is 2.38. The molecule has 0 saturated heterocycles. The van der Waals surface area contributed by atoms with E-state index in [2.05, 4.69) is 0 Å². The molecule has 6 heteroatoms. The summed E-state index contributed by atoms with van der Waals surface area (Å²) < 4.78 is 31.5. The first-order valence-electron chi connectivity index (χ1n) is 7.40. The van der Waals surface area contributed by atoms with Crippen LogP contribution in [-0.4, -0.2) is 25.7 Å². The van der Waals surface area contributed by atoms with Crippen LogP contribution in [0.15, 0.2) is 53.4 Å². The van der Waals surface area contributed by atoms with Crippen molar-refractivity contribution in [1.82, 2.24) is 0 Å². The van der Waals surface area contributed by atoms with Gasteiger partial charge in [0.1, 0.15) is 11.5 Å². The van der Waals surface area contributed by atoms with Gasteiger partial charge in [-0.3, -0.25) is 4.79 Å². The molecule has 0 aromatic heterocycles. The van der Waals surface area contributed by atoms with Crippen LogP contribution in [0.4, 0.5) is 0 Å². The standard InChI is InChI=1S/C18H19IO4S/c1-13-3-5-14(6-4-13)18(11-15(20)12-19)24(21,22)17-9-7-16(23-2)8-10-17/h3-10,18H,11-12H2,1-2H3. The minimum atomic E-state index is -3.68. The van der Waals surface area contributed by atoms with Gasteiger partial charge in [0.2, 0.25) is 0 Å². The number of ketones is 1. The molecule has 24 heavy (non-hydrogen) atoms. The number of halogens is 1. The van der Waals surface area contributed by atoms with Crippen molar-refractivity contribution in [3.63, 3.8) is 0 Å². The average molecular weight is 458 g/mol. The molecule has 0 aliphatic heterocycles. The van der Waals surface area contributed by atoms with E-state index in [0.717, 1.165) is 5.56 Å². The third kappa shape index (κ3) is 4.36. The van der Waals surface area contributed by atoms with Crippen molar-refractivity contribution < 1.29 is 17.9 Å². The lowest BCUT2D eigenvalue weighted by Crippen LogP contribution is -2.18. The minimum Gasteiger partial charge on any atom is -0.497 e. The van der Waals surface area contributed by atoms with Gasteiger partial charge < -0.3 is 4.74 Å². The number of sulfone groups is 1. The van der Waals surface area contributed by atoms with Gasteiger partial charge in [-0.1, -0.05) is 52.4 Å². The van der Waals surface area contributed by atoms with Crippen LogP contribution in [0.2, 0.25) is 0 Å². The van der Waals surface area contributed by atoms with Gasteiger partial charge >= 0.3 is 0 Å². The molecule has 2 aromatic carbocycles. The summed E-state index contributed by atoms with van der Waals surface area (Å²) in [6.07, 6.45) is -0.0274. The van der Waals surface area contributed by atoms with Crippen LogP contribution in [0.25, 0.3) is 0 Å². The maximum Gasteiger partial charge on any atom is 0.185 e. The lowest BCUT2D eigenvalue weighted by molar-refractivity contribution is -0.116. The number of aryl methyl sites for hydroxylation is 1. The second-order valence-electron chi connectivity index (χ2n) is 5.50. The van der Waals surface area contributed by atoms with Gasteiger partial charge in [-0.05, 0) is 36.8 Å². The highest BCUT2D eigenvalue weighted by atomic mass is 127. The monoisotopic (exact) mass is 458 g/mol. The number of Topliss-reactive ketones (excluding diaryl/α,β-unsaturated/α-hetero) is 1. The fraction of sp³-hybridized carbons (Fsp3) is 0.278. The molecule has 4 nitrogen and oxygen atoms in total. The van der Waals surface area contributed by atoms with Crippen LogP contribution < -0.4 is 4.74 Å². The third-order valence-corrected chi connectivity index (χ3v) is 6.74. The van der Waals surface area contributed by atoms with E-state index in [0.29, 0.717) is 11.3 Å². The number of hydrogen-bond acceptors (Lipinski definition) is 4. The van der Waals surface area contributed by atoms with Crippen LogP contribution in [0.5, 0.6) is 5.75 Å². The maximum atomic E-state index is 13.1. The van der Waals surface area contributed by atoms with Crippen LogP contribution in [0.3, 0.4) is 0 Å². The molecule has 0 heterocycles. The summed E-state index contributed by atoms with van der Waals surface area (Å²) in [5.41, 5.74) is 1.68. The molecule has 0 N–H and O–H groups in total. The fourth-order valence-corrected chi connectivity index (χ4v) is 4.45. The molecular formula is C18H19IO4S. The second-order valence-corrected chi connectivity index (χ2v) is 8.39. The molecule has 0 radical (unpaired) electrons. The highest BCUT2D eigenvalue weighted by molar-refractivity contribution is 14.1. The Morgan fingerprint density at radius 2 is 1.67 bits per heavy atom. The Morgan fingerprint density at radius 1 is 1.08 bits per heavy atom. The molecule has 1 atom stereocenters. The first-order chi connectivity index (χ1) is 11.4. The third-order valence-electron chi connectivity index (χ3n) is 3.77. The summed E-state index contributed by atoms with van der Waals surface area (Å²) in [4.78, 5) is 12.1. The molecule has 0 aliphatic carbocycles. The predicted octanol–water partition coefficient (Wildman–Crippen LogP) is 3.91. The first kappa shape index (κ1) is 18.9. The Labute approximate surface area is 156 Å². The summed E-state index contributed by atoms with van der Waals surface area (Å²) in [6, 6.07) is 13.5. The quantitative estimate of drug-likeness (QED) is 0.467. The number of rotatable bonds is 7. The van der Waals surface area contributed by atoms with E-state index in [-0.39, 0.29) is 21.5 Å². The number of ether oxygens (including phenoxy) is 1. The molecule has 1 unspecified atom stereocenters. The van der Waals surface area contributed by atoms with Crippen molar-refractivity contribution in [3.05, 3.63) is 59.7 Å². The Morgan fingerprint density at radius 3 is 2.17 bits per heavy atom. The molecule has 0 aliphatic rings. The van der Waals surface area contributed by atoms with E-state index in [1.165, 1.54) is 19.2 Å². The van der Waals surface area contributed by atoms with Crippen LogP contribution in [0, 0.1) is 6.92 Å². The minimum absolute atomic E-state index is 0.0274. The Bertz CT molecular complexity index is 796. The summed E-state index contributed by atoms with van der Waals surface area (Å²) in [7, 11) is -2.15. The highest BCUT2D eigenvalue weighted by Gasteiger charge is 2.31. The molecule has 0 bridgehead atoms. The molecule has 0 amide bonds. The van der Waals surface area contributed by atoms with Crippen molar-refractivity contribution in [2.75, 3.05) is 11.5 Å². The molecule has 2 rings (SSSR count). The number of methoxy groups -OCH3 is 1. The van der Waals surface area contributed by atoms with E-state index in [9.17, 15) is 13.2 Å². The van der Waals surface area contributed by atoms with E-state index >= 15 is 0 Å². The Balaban J connectivity index is 2.47. The topological polar surface area (TPSA) is 60.4 Å². The zero-order chi connectivity index (χ0) is 17.7. The molecule has 0 saturated carbocycles. The Kier molecular flexibility index (Phi) is 6.40. The van der Waals surface area contributed by atoms with Gasteiger partial charge in [0.05, 0.1) is 21.7 Å². The lowest BCUT2D eigenvalue weighted by atomic mass is 10.1. The number of carbonyl (C=O) groups excluding carboxylic acids is 1. The van der Waals surface area contributed by atoms with Crippen molar-refractivity contribution in [1.29, 1.82) is 0 Å². The van der Waals surface area contributed by atoms with E-state index in [4.69, 9.17) is 4.74 Å². The maximum absolute atomic E-state index is 13.1. The van der Waals surface area contributed by atoms with Gasteiger partial charge in [0.25, 0.3) is 0 Å². The van der Waals surface area contributed by atoms with Crippen molar-refractivity contribution in [2.45, 2.75) is 23.5 Å². The number of alkyl halides is 1. The normalized spacial score (nSPS) is 12.6. The number of hydrogen-bond donors (Lipinski definition) is 0. The summed E-state index contributed by atoms with van der Waals surface area (Å²) in [6.45, 7) is 1.94.